The van der Waals surface area contributed by atoms with Crippen LogP contribution in [0.15, 0.2) is 30.3 Å². The van der Waals surface area contributed by atoms with E-state index in [4.69, 9.17) is 10.5 Å². The minimum absolute atomic E-state index is 0.0537. The lowest BCUT2D eigenvalue weighted by molar-refractivity contribution is -0.141. The van der Waals surface area contributed by atoms with Crippen LogP contribution in [0, 0.1) is 17.2 Å². The summed E-state index contributed by atoms with van der Waals surface area (Å²) >= 11 is 0. The van der Waals surface area contributed by atoms with E-state index in [2.05, 4.69) is 4.98 Å². The molecule has 1 aromatic carbocycles. The van der Waals surface area contributed by atoms with Crippen LogP contribution in [-0.4, -0.2) is 33.0 Å². The largest absolute Gasteiger partial charge is 0.477 e. The first-order valence-electron chi connectivity index (χ1n) is 10.9. The predicted molar refractivity (Wildman–Crippen MR) is 122 cm³/mol. The highest BCUT2D eigenvalue weighted by atomic mass is 32.2. The number of rotatable bonds is 10. The lowest BCUT2D eigenvalue weighted by Crippen LogP contribution is -2.23. The number of anilines is 1. The molecule has 0 spiro atoms. The molecule has 0 radical (unpaired) electrons. The molecule has 7 nitrogen and oxygen atoms in total. The van der Waals surface area contributed by atoms with Gasteiger partial charge in [0.25, 0.3) is 0 Å². The molecule has 1 amide bonds. The van der Waals surface area contributed by atoms with E-state index < -0.39 is 40.4 Å². The number of amides is 1. The van der Waals surface area contributed by atoms with Gasteiger partial charge in [-0.25, -0.2) is 17.8 Å². The lowest BCUT2D eigenvalue weighted by atomic mass is 9.91. The number of primary amides is 1. The van der Waals surface area contributed by atoms with Crippen molar-refractivity contribution in [1.29, 1.82) is 0 Å². The summed E-state index contributed by atoms with van der Waals surface area (Å²) in [5.74, 6) is -2.55. The third-order valence-corrected chi connectivity index (χ3v) is 7.09. The molecule has 1 fully saturated rings. The van der Waals surface area contributed by atoms with Gasteiger partial charge in [-0.2, -0.15) is 13.2 Å². The summed E-state index contributed by atoms with van der Waals surface area (Å²) in [7, 11) is -1.88. The smallest absolute Gasteiger partial charge is 0.433 e. The monoisotopic (exact) mass is 517 g/mol. The third-order valence-electron chi connectivity index (χ3n) is 6.38. The summed E-state index contributed by atoms with van der Waals surface area (Å²) in [4.78, 5) is 15.8. The van der Waals surface area contributed by atoms with Crippen molar-refractivity contribution in [3.63, 3.8) is 0 Å². The van der Waals surface area contributed by atoms with Crippen LogP contribution in [0.4, 0.5) is 23.2 Å². The first-order valence-corrected chi connectivity index (χ1v) is 12.0. The molecular weight excluding hydrogens is 490 g/mol. The van der Waals surface area contributed by atoms with Crippen molar-refractivity contribution in [2.24, 2.45) is 17.1 Å². The number of carbonyl (C=O) groups is 1. The Morgan fingerprint density at radius 2 is 1.94 bits per heavy atom. The Kier molecular flexibility index (Phi) is 7.63. The summed E-state index contributed by atoms with van der Waals surface area (Å²) in [6, 6.07) is 5.73. The number of benzene rings is 1. The number of alkyl halides is 3. The minimum Gasteiger partial charge on any atom is -0.477 e. The number of halogens is 4. The molecule has 1 aliphatic rings. The molecule has 192 valence electrons. The van der Waals surface area contributed by atoms with Gasteiger partial charge in [0.05, 0.1) is 18.2 Å². The number of hydrogen-bond donors (Lipinski definition) is 2. The number of pyridine rings is 1. The Morgan fingerprint density at radius 1 is 1.29 bits per heavy atom. The van der Waals surface area contributed by atoms with Crippen molar-refractivity contribution in [3.05, 3.63) is 53.0 Å². The quantitative estimate of drug-likeness (QED) is 0.369. The number of hydrogen-bond acceptors (Lipinski definition) is 5. The van der Waals surface area contributed by atoms with Crippen molar-refractivity contribution >= 4 is 22.5 Å². The molecule has 1 heterocycles. The normalized spacial score (nSPS) is 17.8. The zero-order chi connectivity index (χ0) is 26.1. The molecule has 2 atom stereocenters. The first-order chi connectivity index (χ1) is 16.2. The standard InChI is InChI=1S/C23H27F4N3O4S/c1-22(2)11-15(22)12-34-21-13(6-9-19(29-21)23(25,26)27)4-7-16(20(28)31)14-5-8-18(17(24)10-14)30(3)35(32)33/h5-6,8-10,15-16,35H,4,7,11-12H2,1-3H3,(H2,28,31). The van der Waals surface area contributed by atoms with E-state index >= 15 is 0 Å². The number of ether oxygens (including phenoxy) is 1. The van der Waals surface area contributed by atoms with Crippen LogP contribution in [0.2, 0.25) is 0 Å². The van der Waals surface area contributed by atoms with Crippen molar-refractivity contribution in [2.75, 3.05) is 18.0 Å². The van der Waals surface area contributed by atoms with Gasteiger partial charge in [0.15, 0.2) is 0 Å². The highest BCUT2D eigenvalue weighted by Gasteiger charge is 2.46. The number of carbonyl (C=O) groups excluding carboxylic acids is 1. The SMILES string of the molecule is CN(c1ccc(C(CCc2ccc(C(F)(F)F)nc2OCC2CC2(C)C)C(N)=O)cc1F)[SH](=O)=O. The molecule has 3 rings (SSSR count). The molecule has 35 heavy (non-hydrogen) atoms. The van der Waals surface area contributed by atoms with Gasteiger partial charge in [0.1, 0.15) is 11.5 Å². The third kappa shape index (κ3) is 6.41. The summed E-state index contributed by atoms with van der Waals surface area (Å²) in [5, 5.41) is 0. The molecule has 1 aromatic heterocycles. The Labute approximate surface area is 202 Å². The van der Waals surface area contributed by atoms with Gasteiger partial charge < -0.3 is 10.5 Å². The van der Waals surface area contributed by atoms with Gasteiger partial charge in [-0.1, -0.05) is 26.0 Å². The first kappa shape index (κ1) is 26.7. The molecule has 2 N–H and O–H groups in total. The fourth-order valence-electron chi connectivity index (χ4n) is 3.85. The van der Waals surface area contributed by atoms with Gasteiger partial charge in [0, 0.05) is 12.6 Å². The van der Waals surface area contributed by atoms with Crippen molar-refractivity contribution in [3.8, 4) is 5.88 Å². The van der Waals surface area contributed by atoms with Gasteiger partial charge in [-0.3, -0.25) is 9.10 Å². The van der Waals surface area contributed by atoms with E-state index in [0.29, 0.717) is 5.56 Å². The average Bonchev–Trinajstić information content (AvgIpc) is 3.37. The summed E-state index contributed by atoms with van der Waals surface area (Å²) in [6.45, 7) is 4.29. The van der Waals surface area contributed by atoms with Crippen LogP contribution < -0.4 is 14.8 Å². The van der Waals surface area contributed by atoms with Crippen LogP contribution >= 0.6 is 0 Å². The van der Waals surface area contributed by atoms with Crippen LogP contribution in [0.3, 0.4) is 0 Å². The van der Waals surface area contributed by atoms with Crippen LogP contribution in [-0.2, 0) is 28.3 Å². The molecule has 0 saturated heterocycles. The van der Waals surface area contributed by atoms with E-state index in [0.717, 1.165) is 22.9 Å². The second-order valence-electron chi connectivity index (χ2n) is 9.33. The van der Waals surface area contributed by atoms with Crippen LogP contribution in [0.25, 0.3) is 0 Å². The average molecular weight is 518 g/mol. The van der Waals surface area contributed by atoms with Gasteiger partial charge in [-0.15, -0.1) is 0 Å². The van der Waals surface area contributed by atoms with Crippen LogP contribution in [0.5, 0.6) is 5.88 Å². The molecule has 12 heteroatoms. The molecule has 1 saturated carbocycles. The van der Waals surface area contributed by atoms with Gasteiger partial charge >= 0.3 is 6.18 Å². The maximum absolute atomic E-state index is 14.5. The number of aromatic nitrogens is 1. The van der Waals surface area contributed by atoms with Gasteiger partial charge in [0.2, 0.25) is 22.7 Å². The Bertz CT molecular complexity index is 1180. The van der Waals surface area contributed by atoms with E-state index in [9.17, 15) is 30.8 Å². The second kappa shape index (κ2) is 10.00. The zero-order valence-corrected chi connectivity index (χ0v) is 20.3. The fourth-order valence-corrected chi connectivity index (χ4v) is 4.18. The Balaban J connectivity index is 1.82. The Morgan fingerprint density at radius 3 is 2.46 bits per heavy atom. The summed E-state index contributed by atoms with van der Waals surface area (Å²) in [5.41, 5.74) is 4.88. The van der Waals surface area contributed by atoms with E-state index in [1.165, 1.54) is 25.2 Å². The Hall–Kier alpha value is -2.89. The van der Waals surface area contributed by atoms with Crippen molar-refractivity contribution < 1.29 is 35.5 Å². The van der Waals surface area contributed by atoms with Crippen molar-refractivity contribution in [1.82, 2.24) is 4.98 Å². The topological polar surface area (TPSA) is 103 Å². The molecule has 2 aromatic rings. The van der Waals surface area contributed by atoms with E-state index in [1.54, 1.807) is 0 Å². The molecular formula is C23H27F4N3O4S. The predicted octanol–water partition coefficient (Wildman–Crippen LogP) is 3.83. The lowest BCUT2D eigenvalue weighted by Gasteiger charge is -2.18. The fraction of sp³-hybridized carbons (Fsp3) is 0.478. The maximum atomic E-state index is 14.5. The number of nitrogens with zero attached hydrogens (tertiary/aromatic N) is 2. The summed E-state index contributed by atoms with van der Waals surface area (Å²) < 4.78 is 82.7. The minimum atomic E-state index is -4.65. The molecule has 0 aliphatic heterocycles. The number of nitrogens with two attached hydrogens (primary N) is 1. The highest BCUT2D eigenvalue weighted by Crippen LogP contribution is 2.51. The zero-order valence-electron chi connectivity index (χ0n) is 19.4. The second-order valence-corrected chi connectivity index (χ2v) is 10.4. The summed E-state index contributed by atoms with van der Waals surface area (Å²) in [6.07, 6.45) is -3.61. The number of thiol groups is 1. The molecule has 0 bridgehead atoms. The maximum Gasteiger partial charge on any atom is 0.433 e. The van der Waals surface area contributed by atoms with Crippen LogP contribution in [0.1, 0.15) is 49.4 Å². The molecule has 2 unspecified atom stereocenters. The van der Waals surface area contributed by atoms with E-state index in [-0.39, 0.29) is 47.9 Å². The molecule has 1 aliphatic carbocycles. The van der Waals surface area contributed by atoms with Crippen molar-refractivity contribution in [2.45, 2.75) is 45.2 Å². The highest BCUT2D eigenvalue weighted by molar-refractivity contribution is 7.74. The number of aryl methyl sites for hydroxylation is 1. The van der Waals surface area contributed by atoms with E-state index in [1.807, 2.05) is 13.8 Å². The van der Waals surface area contributed by atoms with Gasteiger partial charge in [-0.05, 0) is 54.4 Å².